The lowest BCUT2D eigenvalue weighted by molar-refractivity contribution is 0.194. The second kappa shape index (κ2) is 10.5. The minimum absolute atomic E-state index is 0.0451. The fourth-order valence-corrected chi connectivity index (χ4v) is 3.68. The first-order valence-corrected chi connectivity index (χ1v) is 10.6. The van der Waals surface area contributed by atoms with Gasteiger partial charge in [-0.2, -0.15) is 0 Å². The number of hydrogen-bond donors (Lipinski definition) is 3. The predicted molar refractivity (Wildman–Crippen MR) is 123 cm³/mol. The minimum Gasteiger partial charge on any atom is -0.497 e. The summed E-state index contributed by atoms with van der Waals surface area (Å²) in [5, 5.41) is 15.0. The van der Waals surface area contributed by atoms with E-state index in [-0.39, 0.29) is 34.8 Å². The highest BCUT2D eigenvalue weighted by molar-refractivity contribution is 6.29. The number of pyridine rings is 1. The van der Waals surface area contributed by atoms with E-state index < -0.39 is 6.09 Å². The van der Waals surface area contributed by atoms with Gasteiger partial charge in [0.05, 0.1) is 18.5 Å². The van der Waals surface area contributed by atoms with Crippen LogP contribution in [0.2, 0.25) is 5.15 Å². The van der Waals surface area contributed by atoms with Gasteiger partial charge in [0.25, 0.3) is 0 Å². The lowest BCUT2D eigenvalue weighted by atomic mass is 9.93. The molecule has 0 fully saturated rings. The lowest BCUT2D eigenvalue weighted by Gasteiger charge is -2.24. The number of fused-ring (bicyclic) bond motifs is 1. The molecule has 32 heavy (non-hydrogen) atoms. The number of carbonyl (C=O) groups is 1. The zero-order valence-electron chi connectivity index (χ0n) is 18.1. The van der Waals surface area contributed by atoms with Crippen molar-refractivity contribution in [3.63, 3.8) is 0 Å². The number of aromatic nitrogens is 1. The molecule has 0 aliphatic heterocycles. The van der Waals surface area contributed by atoms with Crippen molar-refractivity contribution in [1.29, 1.82) is 0 Å². The summed E-state index contributed by atoms with van der Waals surface area (Å²) in [5.74, 6) is 1.20. The topological polar surface area (TPSA) is 114 Å². The maximum atomic E-state index is 13.5. The van der Waals surface area contributed by atoms with Crippen molar-refractivity contribution in [3.05, 3.63) is 68.7 Å². The highest BCUT2D eigenvalue weighted by Gasteiger charge is 2.25. The molecule has 2 heterocycles. The summed E-state index contributed by atoms with van der Waals surface area (Å²) in [6, 6.07) is 10.3. The number of amides is 1. The summed E-state index contributed by atoms with van der Waals surface area (Å²) in [6.45, 7) is 4.56. The third kappa shape index (κ3) is 5.57. The van der Waals surface area contributed by atoms with E-state index in [1.54, 1.807) is 19.2 Å². The molecule has 2 aromatic heterocycles. The van der Waals surface area contributed by atoms with Crippen molar-refractivity contribution in [1.82, 2.24) is 15.6 Å². The quantitative estimate of drug-likeness (QED) is 0.327. The predicted octanol–water partition coefficient (Wildman–Crippen LogP) is 4.00. The van der Waals surface area contributed by atoms with Crippen LogP contribution in [-0.2, 0) is 6.42 Å². The highest BCUT2D eigenvalue weighted by Crippen LogP contribution is 2.28. The molecule has 0 spiro atoms. The number of benzene rings is 1. The van der Waals surface area contributed by atoms with Crippen LogP contribution in [-0.4, -0.2) is 36.4 Å². The number of nitrogens with zero attached hydrogens (tertiary/aromatic N) is 1. The average Bonchev–Trinajstić information content (AvgIpc) is 2.75. The van der Waals surface area contributed by atoms with Gasteiger partial charge in [0, 0.05) is 25.1 Å². The number of rotatable bonds is 9. The van der Waals surface area contributed by atoms with E-state index in [1.807, 2.05) is 38.1 Å². The summed E-state index contributed by atoms with van der Waals surface area (Å²) in [5.41, 5.74) is 1.40. The molecule has 170 valence electrons. The standard InChI is InChI=1S/C23H26ClN3O5/c1-13(2)19(25-9-10-26-23(29)30)21-17(12-14-5-4-6-15(11-14)31-3)20(28)16-7-8-18(24)27-22(16)32-21/h4-8,11,13,19,25-26H,9-10,12H2,1-3H3,(H,29,30). The number of nitrogens with one attached hydrogen (secondary N) is 2. The monoisotopic (exact) mass is 459 g/mol. The molecule has 8 nitrogen and oxygen atoms in total. The SMILES string of the molecule is COc1cccc(Cc2c(C(NCCNC(=O)O)C(C)C)oc3nc(Cl)ccc3c2=O)c1. The van der Waals surface area contributed by atoms with Gasteiger partial charge in [-0.3, -0.25) is 4.79 Å². The van der Waals surface area contributed by atoms with Crippen molar-refractivity contribution in [3.8, 4) is 5.75 Å². The first-order valence-electron chi connectivity index (χ1n) is 10.3. The van der Waals surface area contributed by atoms with Crippen molar-refractivity contribution in [2.75, 3.05) is 20.2 Å². The van der Waals surface area contributed by atoms with Gasteiger partial charge in [-0.25, -0.2) is 9.78 Å². The summed E-state index contributed by atoms with van der Waals surface area (Å²) >= 11 is 6.03. The molecule has 0 saturated carbocycles. The largest absolute Gasteiger partial charge is 0.497 e. The Hall–Kier alpha value is -3.10. The molecule has 0 bridgehead atoms. The van der Waals surface area contributed by atoms with Gasteiger partial charge >= 0.3 is 6.09 Å². The number of halogens is 1. The van der Waals surface area contributed by atoms with Gasteiger partial charge in [0.2, 0.25) is 5.71 Å². The molecule has 1 unspecified atom stereocenters. The van der Waals surface area contributed by atoms with E-state index in [4.69, 9.17) is 25.9 Å². The Balaban J connectivity index is 2.09. The van der Waals surface area contributed by atoms with E-state index >= 15 is 0 Å². The van der Waals surface area contributed by atoms with E-state index in [0.29, 0.717) is 35.4 Å². The van der Waals surface area contributed by atoms with Crippen LogP contribution in [0.5, 0.6) is 5.75 Å². The molecule has 1 aromatic carbocycles. The molecule has 0 aliphatic carbocycles. The van der Waals surface area contributed by atoms with Gasteiger partial charge in [-0.05, 0) is 35.7 Å². The molecule has 0 radical (unpaired) electrons. The van der Waals surface area contributed by atoms with Gasteiger partial charge in [-0.1, -0.05) is 37.6 Å². The van der Waals surface area contributed by atoms with E-state index in [1.165, 1.54) is 0 Å². The van der Waals surface area contributed by atoms with Gasteiger partial charge in [0.15, 0.2) is 5.43 Å². The number of ether oxygens (including phenoxy) is 1. The Morgan fingerprint density at radius 2 is 2.03 bits per heavy atom. The molecule has 1 amide bonds. The Labute approximate surface area is 190 Å². The second-order valence-electron chi connectivity index (χ2n) is 7.70. The molecule has 3 N–H and O–H groups in total. The summed E-state index contributed by atoms with van der Waals surface area (Å²) in [7, 11) is 1.59. The van der Waals surface area contributed by atoms with Crippen molar-refractivity contribution < 1.29 is 19.1 Å². The average molecular weight is 460 g/mol. The first kappa shape index (κ1) is 23.6. The van der Waals surface area contributed by atoms with Crippen molar-refractivity contribution in [2.45, 2.75) is 26.3 Å². The molecule has 9 heteroatoms. The van der Waals surface area contributed by atoms with Crippen LogP contribution in [0, 0.1) is 5.92 Å². The summed E-state index contributed by atoms with van der Waals surface area (Å²) in [4.78, 5) is 28.4. The van der Waals surface area contributed by atoms with Gasteiger partial charge < -0.3 is 24.9 Å². The number of methoxy groups -OCH3 is 1. The maximum Gasteiger partial charge on any atom is 0.404 e. The lowest BCUT2D eigenvalue weighted by Crippen LogP contribution is -2.35. The normalized spacial score (nSPS) is 12.2. The van der Waals surface area contributed by atoms with Crippen molar-refractivity contribution >= 4 is 28.8 Å². The molecule has 0 aliphatic rings. The third-order valence-electron chi connectivity index (χ3n) is 5.08. The number of hydrogen-bond acceptors (Lipinski definition) is 6. The smallest absolute Gasteiger partial charge is 0.404 e. The van der Waals surface area contributed by atoms with Crippen LogP contribution in [0.15, 0.2) is 45.6 Å². The van der Waals surface area contributed by atoms with Crippen LogP contribution in [0.3, 0.4) is 0 Å². The minimum atomic E-state index is -1.09. The fraction of sp³-hybridized carbons (Fsp3) is 0.348. The van der Waals surface area contributed by atoms with Gasteiger partial charge in [-0.15, -0.1) is 0 Å². The summed E-state index contributed by atoms with van der Waals surface area (Å²) in [6.07, 6.45) is -0.756. The highest BCUT2D eigenvalue weighted by atomic mass is 35.5. The first-order chi connectivity index (χ1) is 15.3. The molecule has 0 saturated heterocycles. The molecule has 1 atom stereocenters. The Morgan fingerprint density at radius 3 is 2.72 bits per heavy atom. The fourth-order valence-electron chi connectivity index (χ4n) is 3.54. The third-order valence-corrected chi connectivity index (χ3v) is 5.29. The molecule has 3 rings (SSSR count). The molecular formula is C23H26ClN3O5. The Bertz CT molecular complexity index is 1160. The van der Waals surface area contributed by atoms with Crippen molar-refractivity contribution in [2.24, 2.45) is 5.92 Å². The van der Waals surface area contributed by atoms with Crippen LogP contribution in [0.4, 0.5) is 4.79 Å². The van der Waals surface area contributed by atoms with Crippen LogP contribution in [0.25, 0.3) is 11.1 Å². The van der Waals surface area contributed by atoms with Crippen LogP contribution < -0.4 is 20.8 Å². The van der Waals surface area contributed by atoms with E-state index in [2.05, 4.69) is 15.6 Å². The maximum absolute atomic E-state index is 13.5. The van der Waals surface area contributed by atoms with E-state index in [0.717, 1.165) is 5.56 Å². The zero-order chi connectivity index (χ0) is 23.3. The zero-order valence-corrected chi connectivity index (χ0v) is 18.9. The Kier molecular flexibility index (Phi) is 7.71. The van der Waals surface area contributed by atoms with Crippen LogP contribution >= 0.6 is 11.6 Å². The summed E-state index contributed by atoms with van der Waals surface area (Å²) < 4.78 is 11.5. The molecule has 3 aromatic rings. The van der Waals surface area contributed by atoms with Crippen LogP contribution in [0.1, 0.15) is 36.8 Å². The van der Waals surface area contributed by atoms with Gasteiger partial charge in [0.1, 0.15) is 16.7 Å². The Morgan fingerprint density at radius 1 is 1.25 bits per heavy atom. The molecular weight excluding hydrogens is 434 g/mol. The van der Waals surface area contributed by atoms with E-state index in [9.17, 15) is 9.59 Å². The second-order valence-corrected chi connectivity index (χ2v) is 8.08. The number of carboxylic acid groups (broad SMARTS) is 1.